The van der Waals surface area contributed by atoms with Crippen LogP contribution in [-0.2, 0) is 4.79 Å². The van der Waals surface area contributed by atoms with E-state index >= 15 is 0 Å². The second-order valence-corrected chi connectivity index (χ2v) is 4.37. The molecule has 0 aliphatic heterocycles. The number of aromatic nitrogens is 1. The molecule has 6 nitrogen and oxygen atoms in total. The predicted molar refractivity (Wildman–Crippen MR) is 72.8 cm³/mol. The molecule has 0 fully saturated rings. The summed E-state index contributed by atoms with van der Waals surface area (Å²) in [5, 5.41) is 14.8. The molecular weight excluding hydrogens is 285 g/mol. The Kier molecular flexibility index (Phi) is 4.16. The molecule has 20 heavy (non-hydrogen) atoms. The SMILES string of the molecule is O=C(/C=C/c1cscn1)Nc1ccc(F)cc1[N+](=O)[O-]. The smallest absolute Gasteiger partial charge is 0.295 e. The van der Waals surface area contributed by atoms with E-state index in [9.17, 15) is 19.3 Å². The van der Waals surface area contributed by atoms with Crippen molar-refractivity contribution in [1.82, 2.24) is 4.98 Å². The van der Waals surface area contributed by atoms with Gasteiger partial charge >= 0.3 is 0 Å². The Hall–Kier alpha value is -2.61. The topological polar surface area (TPSA) is 85.1 Å². The fourth-order valence-electron chi connectivity index (χ4n) is 1.40. The molecule has 0 aliphatic rings. The van der Waals surface area contributed by atoms with Gasteiger partial charge in [-0.05, 0) is 18.2 Å². The number of nitro benzene ring substituents is 1. The van der Waals surface area contributed by atoms with Crippen molar-refractivity contribution in [2.45, 2.75) is 0 Å². The minimum absolute atomic E-state index is 0.0654. The molecule has 0 saturated heterocycles. The second kappa shape index (κ2) is 6.02. The first kappa shape index (κ1) is 13.8. The Morgan fingerprint density at radius 3 is 2.95 bits per heavy atom. The van der Waals surface area contributed by atoms with E-state index < -0.39 is 22.3 Å². The van der Waals surface area contributed by atoms with Crippen LogP contribution in [0.4, 0.5) is 15.8 Å². The zero-order chi connectivity index (χ0) is 14.5. The lowest BCUT2D eigenvalue weighted by Crippen LogP contribution is -2.09. The molecule has 0 saturated carbocycles. The number of nitrogens with zero attached hydrogens (tertiary/aromatic N) is 2. The summed E-state index contributed by atoms with van der Waals surface area (Å²) in [6.45, 7) is 0. The van der Waals surface area contributed by atoms with Crippen LogP contribution in [0.15, 0.2) is 35.2 Å². The van der Waals surface area contributed by atoms with Crippen LogP contribution in [0.5, 0.6) is 0 Å². The van der Waals surface area contributed by atoms with Gasteiger partial charge in [-0.2, -0.15) is 0 Å². The number of hydrogen-bond donors (Lipinski definition) is 1. The monoisotopic (exact) mass is 293 g/mol. The van der Waals surface area contributed by atoms with Crippen LogP contribution in [0.2, 0.25) is 0 Å². The van der Waals surface area contributed by atoms with Crippen molar-refractivity contribution in [2.75, 3.05) is 5.32 Å². The maximum absolute atomic E-state index is 12.9. The molecule has 8 heteroatoms. The number of anilines is 1. The third-order valence-corrected chi connectivity index (χ3v) is 2.88. The number of amides is 1. The van der Waals surface area contributed by atoms with Gasteiger partial charge in [0, 0.05) is 11.5 Å². The van der Waals surface area contributed by atoms with E-state index in [0.717, 1.165) is 18.2 Å². The number of thiazole rings is 1. The van der Waals surface area contributed by atoms with E-state index in [2.05, 4.69) is 10.3 Å². The molecule has 1 amide bonds. The van der Waals surface area contributed by atoms with E-state index in [1.807, 2.05) is 0 Å². The van der Waals surface area contributed by atoms with Crippen molar-refractivity contribution >= 4 is 34.7 Å². The summed E-state index contributed by atoms with van der Waals surface area (Å²) in [6, 6.07) is 2.93. The maximum Gasteiger partial charge on any atom is 0.295 e. The van der Waals surface area contributed by atoms with Gasteiger partial charge in [0.15, 0.2) is 0 Å². The molecule has 102 valence electrons. The van der Waals surface area contributed by atoms with Crippen molar-refractivity contribution < 1.29 is 14.1 Å². The van der Waals surface area contributed by atoms with E-state index in [0.29, 0.717) is 5.69 Å². The van der Waals surface area contributed by atoms with Crippen LogP contribution in [0, 0.1) is 15.9 Å². The van der Waals surface area contributed by atoms with Gasteiger partial charge in [0.1, 0.15) is 11.5 Å². The largest absolute Gasteiger partial charge is 0.317 e. The van der Waals surface area contributed by atoms with Gasteiger partial charge < -0.3 is 5.32 Å². The zero-order valence-electron chi connectivity index (χ0n) is 9.95. The molecule has 0 atom stereocenters. The number of halogens is 1. The molecule has 2 rings (SSSR count). The summed E-state index contributed by atoms with van der Waals surface area (Å²) in [4.78, 5) is 25.6. The Balaban J connectivity index is 2.13. The van der Waals surface area contributed by atoms with Gasteiger partial charge in [0.25, 0.3) is 5.69 Å². The number of nitro groups is 1. The Morgan fingerprint density at radius 1 is 1.50 bits per heavy atom. The molecule has 0 radical (unpaired) electrons. The highest BCUT2D eigenvalue weighted by Crippen LogP contribution is 2.24. The van der Waals surface area contributed by atoms with Crippen molar-refractivity contribution in [3.05, 3.63) is 56.8 Å². The Labute approximate surface area is 116 Å². The standard InChI is InChI=1S/C12H8FN3O3S/c13-8-1-3-10(11(5-8)16(18)19)15-12(17)4-2-9-6-20-7-14-9/h1-7H,(H,15,17)/b4-2+. The number of carbonyl (C=O) groups is 1. The van der Waals surface area contributed by atoms with Crippen LogP contribution in [-0.4, -0.2) is 15.8 Å². The van der Waals surface area contributed by atoms with Crippen LogP contribution in [0.3, 0.4) is 0 Å². The van der Waals surface area contributed by atoms with E-state index in [1.165, 1.54) is 23.5 Å². The first-order valence-corrected chi connectivity index (χ1v) is 6.32. The Morgan fingerprint density at radius 2 is 2.30 bits per heavy atom. The summed E-state index contributed by atoms with van der Waals surface area (Å²) in [7, 11) is 0. The number of nitrogens with one attached hydrogen (secondary N) is 1. The van der Waals surface area contributed by atoms with Crippen molar-refractivity contribution in [1.29, 1.82) is 0 Å². The quantitative estimate of drug-likeness (QED) is 0.533. The fourth-order valence-corrected chi connectivity index (χ4v) is 1.92. The van der Waals surface area contributed by atoms with Crippen molar-refractivity contribution in [3.8, 4) is 0 Å². The zero-order valence-corrected chi connectivity index (χ0v) is 10.8. The summed E-state index contributed by atoms with van der Waals surface area (Å²) in [6.07, 6.45) is 2.67. The van der Waals surface area contributed by atoms with E-state index in [-0.39, 0.29) is 5.69 Å². The lowest BCUT2D eigenvalue weighted by molar-refractivity contribution is -0.384. The fraction of sp³-hybridized carbons (Fsp3) is 0. The molecule has 0 aliphatic carbocycles. The lowest BCUT2D eigenvalue weighted by Gasteiger charge is -2.03. The van der Waals surface area contributed by atoms with Crippen LogP contribution < -0.4 is 5.32 Å². The van der Waals surface area contributed by atoms with Gasteiger partial charge in [-0.15, -0.1) is 11.3 Å². The maximum atomic E-state index is 12.9. The van der Waals surface area contributed by atoms with Gasteiger partial charge in [-0.25, -0.2) is 9.37 Å². The van der Waals surface area contributed by atoms with Crippen LogP contribution >= 0.6 is 11.3 Å². The molecule has 2 aromatic rings. The number of rotatable bonds is 4. The third kappa shape index (κ3) is 3.45. The lowest BCUT2D eigenvalue weighted by atomic mass is 10.2. The molecule has 0 unspecified atom stereocenters. The summed E-state index contributed by atoms with van der Waals surface area (Å²) >= 11 is 1.38. The highest BCUT2D eigenvalue weighted by atomic mass is 32.1. The molecule has 1 N–H and O–H groups in total. The van der Waals surface area contributed by atoms with Gasteiger partial charge in [-0.3, -0.25) is 14.9 Å². The molecular formula is C12H8FN3O3S. The van der Waals surface area contributed by atoms with Crippen molar-refractivity contribution in [2.24, 2.45) is 0 Å². The highest BCUT2D eigenvalue weighted by Gasteiger charge is 2.15. The van der Waals surface area contributed by atoms with E-state index in [1.54, 1.807) is 10.9 Å². The molecule has 0 spiro atoms. The van der Waals surface area contributed by atoms with Crippen LogP contribution in [0.25, 0.3) is 6.08 Å². The van der Waals surface area contributed by atoms with Crippen molar-refractivity contribution in [3.63, 3.8) is 0 Å². The minimum Gasteiger partial charge on any atom is -0.317 e. The summed E-state index contributed by atoms with van der Waals surface area (Å²) < 4.78 is 12.9. The number of carbonyl (C=O) groups excluding carboxylic acids is 1. The van der Waals surface area contributed by atoms with Crippen LogP contribution in [0.1, 0.15) is 5.69 Å². The first-order valence-electron chi connectivity index (χ1n) is 5.37. The van der Waals surface area contributed by atoms with Gasteiger partial charge in [0.2, 0.25) is 5.91 Å². The van der Waals surface area contributed by atoms with E-state index in [4.69, 9.17) is 0 Å². The number of benzene rings is 1. The molecule has 1 heterocycles. The van der Waals surface area contributed by atoms with Gasteiger partial charge in [-0.1, -0.05) is 0 Å². The third-order valence-electron chi connectivity index (χ3n) is 2.27. The summed E-state index contributed by atoms with van der Waals surface area (Å²) in [5.74, 6) is -1.31. The molecule has 0 bridgehead atoms. The minimum atomic E-state index is -0.761. The molecule has 1 aromatic carbocycles. The average molecular weight is 293 g/mol. The predicted octanol–water partition coefficient (Wildman–Crippen LogP) is 2.84. The number of hydrogen-bond acceptors (Lipinski definition) is 5. The average Bonchev–Trinajstić information content (AvgIpc) is 2.91. The highest BCUT2D eigenvalue weighted by molar-refractivity contribution is 7.07. The van der Waals surface area contributed by atoms with Gasteiger partial charge in [0.05, 0.1) is 22.2 Å². The Bertz CT molecular complexity index is 671. The summed E-state index contributed by atoms with van der Waals surface area (Å²) in [5.41, 5.74) is 1.66. The molecule has 1 aromatic heterocycles. The normalized spacial score (nSPS) is 10.7. The second-order valence-electron chi connectivity index (χ2n) is 3.65. The first-order chi connectivity index (χ1) is 9.56.